The van der Waals surface area contributed by atoms with Gasteiger partial charge in [-0.05, 0) is 23.6 Å². The number of aryl methyl sites for hydroxylation is 1. The highest BCUT2D eigenvalue weighted by Gasteiger charge is 2.13. The lowest BCUT2D eigenvalue weighted by molar-refractivity contribution is -0.137. The third-order valence-corrected chi connectivity index (χ3v) is 2.29. The Morgan fingerprint density at radius 3 is 2.80 bits per heavy atom. The van der Waals surface area contributed by atoms with E-state index in [-0.39, 0.29) is 6.42 Å². The smallest absolute Gasteiger partial charge is 0.305 e. The summed E-state index contributed by atoms with van der Waals surface area (Å²) in [7, 11) is 0. The second-order valence-electron chi connectivity index (χ2n) is 3.53. The number of hydrogen-bond donors (Lipinski definition) is 2. The van der Waals surface area contributed by atoms with Gasteiger partial charge < -0.3 is 10.8 Å². The zero-order chi connectivity index (χ0) is 11.4. The maximum absolute atomic E-state index is 12.4. The Hall–Kier alpha value is -1.42. The SMILES string of the molecule is Cc1ccc(CF)cc1C(N)CC(=O)O. The highest BCUT2D eigenvalue weighted by Crippen LogP contribution is 2.20. The number of aliphatic carboxylic acids is 1. The van der Waals surface area contributed by atoms with E-state index in [1.165, 1.54) is 0 Å². The van der Waals surface area contributed by atoms with E-state index in [4.69, 9.17) is 10.8 Å². The molecule has 0 heterocycles. The number of carboxylic acids is 1. The second kappa shape index (κ2) is 4.89. The molecule has 0 saturated heterocycles. The van der Waals surface area contributed by atoms with Gasteiger partial charge in [0.05, 0.1) is 6.42 Å². The number of benzene rings is 1. The van der Waals surface area contributed by atoms with Gasteiger partial charge in [-0.3, -0.25) is 4.79 Å². The van der Waals surface area contributed by atoms with Crippen LogP contribution in [0, 0.1) is 6.92 Å². The fraction of sp³-hybridized carbons (Fsp3) is 0.364. The summed E-state index contributed by atoms with van der Waals surface area (Å²) < 4.78 is 12.4. The zero-order valence-electron chi connectivity index (χ0n) is 8.53. The van der Waals surface area contributed by atoms with Crippen molar-refractivity contribution in [1.82, 2.24) is 0 Å². The Morgan fingerprint density at radius 1 is 1.60 bits per heavy atom. The molecule has 0 saturated carbocycles. The van der Waals surface area contributed by atoms with E-state index in [0.717, 1.165) is 5.56 Å². The van der Waals surface area contributed by atoms with Crippen molar-refractivity contribution >= 4 is 5.97 Å². The Labute approximate surface area is 87.7 Å². The van der Waals surface area contributed by atoms with Crippen molar-refractivity contribution in [1.29, 1.82) is 0 Å². The zero-order valence-corrected chi connectivity index (χ0v) is 8.53. The molecule has 1 rings (SSSR count). The Kier molecular flexibility index (Phi) is 3.80. The minimum atomic E-state index is -0.951. The monoisotopic (exact) mass is 211 g/mol. The summed E-state index contributed by atoms with van der Waals surface area (Å²) in [6.07, 6.45) is -0.142. The molecule has 15 heavy (non-hydrogen) atoms. The summed E-state index contributed by atoms with van der Waals surface area (Å²) in [5.41, 5.74) is 7.83. The van der Waals surface area contributed by atoms with Crippen molar-refractivity contribution in [3.63, 3.8) is 0 Å². The van der Waals surface area contributed by atoms with Crippen LogP contribution < -0.4 is 5.73 Å². The van der Waals surface area contributed by atoms with Gasteiger partial charge in [0.25, 0.3) is 0 Å². The van der Waals surface area contributed by atoms with E-state index in [9.17, 15) is 9.18 Å². The average Bonchev–Trinajstić information content (AvgIpc) is 2.17. The summed E-state index contributed by atoms with van der Waals surface area (Å²) >= 11 is 0. The first-order chi connectivity index (χ1) is 7.04. The van der Waals surface area contributed by atoms with Crippen molar-refractivity contribution in [3.05, 3.63) is 34.9 Å². The molecule has 0 radical (unpaired) electrons. The molecule has 1 aromatic carbocycles. The van der Waals surface area contributed by atoms with Crippen LogP contribution in [0.1, 0.15) is 29.2 Å². The van der Waals surface area contributed by atoms with E-state index in [1.807, 2.05) is 6.92 Å². The molecule has 4 heteroatoms. The molecule has 0 aliphatic rings. The van der Waals surface area contributed by atoms with Gasteiger partial charge in [0.2, 0.25) is 0 Å². The van der Waals surface area contributed by atoms with Gasteiger partial charge in [0, 0.05) is 6.04 Å². The number of alkyl halides is 1. The maximum Gasteiger partial charge on any atom is 0.305 e. The van der Waals surface area contributed by atoms with Crippen LogP contribution >= 0.6 is 0 Å². The number of rotatable bonds is 4. The van der Waals surface area contributed by atoms with Gasteiger partial charge in [0.15, 0.2) is 0 Å². The lowest BCUT2D eigenvalue weighted by Crippen LogP contribution is -2.16. The fourth-order valence-electron chi connectivity index (χ4n) is 1.47. The predicted molar refractivity (Wildman–Crippen MR) is 55.2 cm³/mol. The van der Waals surface area contributed by atoms with Crippen LogP contribution in [-0.4, -0.2) is 11.1 Å². The standard InChI is InChI=1S/C11H14FNO2/c1-7-2-3-8(6-12)4-9(7)10(13)5-11(14)15/h2-4,10H,5-6,13H2,1H3,(H,14,15). The Morgan fingerprint density at radius 2 is 2.27 bits per heavy atom. The van der Waals surface area contributed by atoms with Crippen molar-refractivity contribution < 1.29 is 14.3 Å². The van der Waals surface area contributed by atoms with Crippen LogP contribution in [-0.2, 0) is 11.5 Å². The summed E-state index contributed by atoms with van der Waals surface area (Å²) in [6, 6.07) is 4.48. The average molecular weight is 211 g/mol. The molecule has 3 nitrogen and oxygen atoms in total. The van der Waals surface area contributed by atoms with Crippen molar-refractivity contribution in [2.75, 3.05) is 0 Å². The quantitative estimate of drug-likeness (QED) is 0.799. The number of carbonyl (C=O) groups is 1. The third-order valence-electron chi connectivity index (χ3n) is 2.29. The molecule has 0 aromatic heterocycles. The van der Waals surface area contributed by atoms with Crippen LogP contribution in [0.5, 0.6) is 0 Å². The van der Waals surface area contributed by atoms with Crippen LogP contribution in [0.15, 0.2) is 18.2 Å². The predicted octanol–water partition coefficient (Wildman–Crippen LogP) is 1.94. The molecule has 82 valence electrons. The van der Waals surface area contributed by atoms with Crippen LogP contribution in [0.3, 0.4) is 0 Å². The highest BCUT2D eigenvalue weighted by atomic mass is 19.1. The molecular weight excluding hydrogens is 197 g/mol. The largest absolute Gasteiger partial charge is 0.481 e. The molecule has 1 unspecified atom stereocenters. The summed E-state index contributed by atoms with van der Waals surface area (Å²) in [6.45, 7) is 1.27. The number of nitrogens with two attached hydrogens (primary N) is 1. The molecule has 1 atom stereocenters. The minimum Gasteiger partial charge on any atom is -0.481 e. The van der Waals surface area contributed by atoms with E-state index in [0.29, 0.717) is 11.1 Å². The van der Waals surface area contributed by atoms with Gasteiger partial charge in [0.1, 0.15) is 6.67 Å². The topological polar surface area (TPSA) is 63.3 Å². The molecule has 0 fully saturated rings. The minimum absolute atomic E-state index is 0.142. The van der Waals surface area contributed by atoms with E-state index in [2.05, 4.69) is 0 Å². The Bertz CT molecular complexity index is 366. The van der Waals surface area contributed by atoms with Crippen LogP contribution in [0.4, 0.5) is 4.39 Å². The first-order valence-corrected chi connectivity index (χ1v) is 4.67. The van der Waals surface area contributed by atoms with E-state index >= 15 is 0 Å². The van der Waals surface area contributed by atoms with Crippen molar-refractivity contribution in [2.45, 2.75) is 26.1 Å². The van der Waals surface area contributed by atoms with Crippen LogP contribution in [0.2, 0.25) is 0 Å². The Balaban J connectivity index is 2.95. The van der Waals surface area contributed by atoms with Crippen LogP contribution in [0.25, 0.3) is 0 Å². The molecule has 0 aliphatic carbocycles. The first-order valence-electron chi connectivity index (χ1n) is 4.67. The lowest BCUT2D eigenvalue weighted by Gasteiger charge is -2.13. The third kappa shape index (κ3) is 3.02. The lowest BCUT2D eigenvalue weighted by atomic mass is 9.97. The fourth-order valence-corrected chi connectivity index (χ4v) is 1.47. The summed E-state index contributed by atoms with van der Waals surface area (Å²) in [4.78, 5) is 10.5. The van der Waals surface area contributed by atoms with Gasteiger partial charge in [-0.15, -0.1) is 0 Å². The van der Waals surface area contributed by atoms with Crippen molar-refractivity contribution in [2.24, 2.45) is 5.73 Å². The number of carboxylic acid groups (broad SMARTS) is 1. The van der Waals surface area contributed by atoms with Gasteiger partial charge >= 0.3 is 5.97 Å². The summed E-state index contributed by atoms with van der Waals surface area (Å²) in [5, 5.41) is 8.61. The molecule has 3 N–H and O–H groups in total. The molecule has 0 amide bonds. The highest BCUT2D eigenvalue weighted by molar-refractivity contribution is 5.68. The first kappa shape index (κ1) is 11.7. The molecule has 0 aliphatic heterocycles. The summed E-state index contributed by atoms with van der Waals surface area (Å²) in [5.74, 6) is -0.951. The van der Waals surface area contributed by atoms with Gasteiger partial charge in [-0.25, -0.2) is 4.39 Å². The van der Waals surface area contributed by atoms with Gasteiger partial charge in [-0.1, -0.05) is 18.2 Å². The normalized spacial score (nSPS) is 12.5. The van der Waals surface area contributed by atoms with Gasteiger partial charge in [-0.2, -0.15) is 0 Å². The molecular formula is C11H14FNO2. The molecule has 1 aromatic rings. The van der Waals surface area contributed by atoms with E-state index < -0.39 is 18.7 Å². The number of halogens is 1. The van der Waals surface area contributed by atoms with Crippen molar-refractivity contribution in [3.8, 4) is 0 Å². The van der Waals surface area contributed by atoms with E-state index in [1.54, 1.807) is 18.2 Å². The second-order valence-corrected chi connectivity index (χ2v) is 3.53. The maximum atomic E-state index is 12.4. The molecule has 0 spiro atoms. The molecule has 0 bridgehead atoms. The number of hydrogen-bond acceptors (Lipinski definition) is 2.